The van der Waals surface area contributed by atoms with Gasteiger partial charge in [0.2, 0.25) is 0 Å². The summed E-state index contributed by atoms with van der Waals surface area (Å²) in [5, 5.41) is 14.4. The third kappa shape index (κ3) is 4.28. The molecule has 0 bridgehead atoms. The highest BCUT2D eigenvalue weighted by atomic mass is 16.3. The van der Waals surface area contributed by atoms with Gasteiger partial charge in [-0.15, -0.1) is 0 Å². The number of pyridine rings is 1. The Kier molecular flexibility index (Phi) is 5.28. The maximum Gasteiger partial charge on any atom is 0.315 e. The van der Waals surface area contributed by atoms with E-state index in [1.165, 1.54) is 0 Å². The van der Waals surface area contributed by atoms with E-state index in [9.17, 15) is 4.79 Å². The number of hydrogen-bond donors (Lipinski definition) is 3. The van der Waals surface area contributed by atoms with Crippen molar-refractivity contribution in [2.75, 3.05) is 6.61 Å². The molecule has 112 valence electrons. The standard InChI is InChI=1S/C14H19N5O2/c1-2-12(9-20)18-14(21)17-8-11-3-4-13(16-7-11)19-6-5-15-10-19/h3-7,10,12,20H,2,8-9H2,1H3,(H2,17,18,21). The van der Waals surface area contributed by atoms with Crippen LogP contribution < -0.4 is 10.6 Å². The number of nitrogens with one attached hydrogen (secondary N) is 2. The van der Waals surface area contributed by atoms with E-state index >= 15 is 0 Å². The number of rotatable bonds is 6. The van der Waals surface area contributed by atoms with Crippen LogP contribution in [-0.4, -0.2) is 38.3 Å². The van der Waals surface area contributed by atoms with E-state index < -0.39 is 0 Å². The minimum Gasteiger partial charge on any atom is -0.394 e. The molecule has 0 spiro atoms. The van der Waals surface area contributed by atoms with E-state index in [0.717, 1.165) is 11.4 Å². The Morgan fingerprint density at radius 3 is 2.90 bits per heavy atom. The number of imidazole rings is 1. The van der Waals surface area contributed by atoms with Gasteiger partial charge in [0.25, 0.3) is 0 Å². The molecule has 2 heterocycles. The molecule has 1 atom stereocenters. The smallest absolute Gasteiger partial charge is 0.315 e. The van der Waals surface area contributed by atoms with E-state index in [0.29, 0.717) is 13.0 Å². The minimum atomic E-state index is -0.297. The van der Waals surface area contributed by atoms with Gasteiger partial charge in [0.15, 0.2) is 0 Å². The van der Waals surface area contributed by atoms with Crippen molar-refractivity contribution in [1.82, 2.24) is 25.2 Å². The first-order valence-corrected chi connectivity index (χ1v) is 6.81. The number of nitrogens with zero attached hydrogens (tertiary/aromatic N) is 3. The third-order valence-electron chi connectivity index (χ3n) is 3.08. The molecule has 0 aromatic carbocycles. The molecule has 0 aliphatic carbocycles. The van der Waals surface area contributed by atoms with E-state index in [2.05, 4.69) is 20.6 Å². The Morgan fingerprint density at radius 2 is 2.33 bits per heavy atom. The highest BCUT2D eigenvalue weighted by molar-refractivity contribution is 5.74. The molecule has 0 saturated heterocycles. The maximum absolute atomic E-state index is 11.6. The topological polar surface area (TPSA) is 92.1 Å². The van der Waals surface area contributed by atoms with Crippen molar-refractivity contribution < 1.29 is 9.90 Å². The minimum absolute atomic E-state index is 0.0644. The average molecular weight is 289 g/mol. The first-order chi connectivity index (χ1) is 10.2. The Hall–Kier alpha value is -2.41. The van der Waals surface area contributed by atoms with Crippen molar-refractivity contribution in [2.45, 2.75) is 25.9 Å². The van der Waals surface area contributed by atoms with Gasteiger partial charge < -0.3 is 15.7 Å². The average Bonchev–Trinajstić information content (AvgIpc) is 3.05. The molecule has 1 unspecified atom stereocenters. The van der Waals surface area contributed by atoms with E-state index in [1.807, 2.05) is 25.3 Å². The van der Waals surface area contributed by atoms with E-state index in [1.54, 1.807) is 23.3 Å². The lowest BCUT2D eigenvalue weighted by molar-refractivity contribution is 0.214. The van der Waals surface area contributed by atoms with Crippen molar-refractivity contribution in [3.8, 4) is 5.82 Å². The van der Waals surface area contributed by atoms with Crippen LogP contribution in [0.1, 0.15) is 18.9 Å². The lowest BCUT2D eigenvalue weighted by Gasteiger charge is -2.14. The zero-order valence-corrected chi connectivity index (χ0v) is 11.9. The third-order valence-corrected chi connectivity index (χ3v) is 3.08. The molecule has 0 aliphatic rings. The fourth-order valence-electron chi connectivity index (χ4n) is 1.76. The summed E-state index contributed by atoms with van der Waals surface area (Å²) in [5.74, 6) is 0.770. The number of hydrogen-bond acceptors (Lipinski definition) is 4. The van der Waals surface area contributed by atoms with Gasteiger partial charge in [-0.2, -0.15) is 0 Å². The summed E-state index contributed by atoms with van der Waals surface area (Å²) in [6.07, 6.45) is 7.57. The van der Waals surface area contributed by atoms with Gasteiger partial charge in [0.1, 0.15) is 12.1 Å². The van der Waals surface area contributed by atoms with Crippen LogP contribution in [0.4, 0.5) is 4.79 Å². The molecular weight excluding hydrogens is 270 g/mol. The molecule has 0 aliphatic heterocycles. The van der Waals surface area contributed by atoms with Crippen LogP contribution in [0.3, 0.4) is 0 Å². The van der Waals surface area contributed by atoms with Crippen LogP contribution in [0.2, 0.25) is 0 Å². The predicted octanol–water partition coefficient (Wildman–Crippen LogP) is 0.837. The molecule has 2 rings (SSSR count). The maximum atomic E-state index is 11.6. The first-order valence-electron chi connectivity index (χ1n) is 6.81. The SMILES string of the molecule is CCC(CO)NC(=O)NCc1ccc(-n2ccnc2)nc1. The first kappa shape index (κ1) is 15.0. The van der Waals surface area contributed by atoms with Crippen LogP contribution in [0.5, 0.6) is 0 Å². The quantitative estimate of drug-likeness (QED) is 0.734. The Bertz CT molecular complexity index is 549. The monoisotopic (exact) mass is 289 g/mol. The molecule has 0 saturated carbocycles. The molecule has 2 amide bonds. The summed E-state index contributed by atoms with van der Waals surface area (Å²) in [7, 11) is 0. The summed E-state index contributed by atoms with van der Waals surface area (Å²) in [6, 6.07) is 3.24. The number of urea groups is 1. The highest BCUT2D eigenvalue weighted by Gasteiger charge is 2.08. The van der Waals surface area contributed by atoms with Gasteiger partial charge in [0, 0.05) is 25.1 Å². The normalized spacial score (nSPS) is 11.9. The summed E-state index contributed by atoms with van der Waals surface area (Å²) in [6.45, 7) is 2.22. The second kappa shape index (κ2) is 7.39. The van der Waals surface area contributed by atoms with Gasteiger partial charge in [-0.3, -0.25) is 4.57 Å². The number of aromatic nitrogens is 3. The second-order valence-electron chi connectivity index (χ2n) is 4.61. The zero-order valence-electron chi connectivity index (χ0n) is 11.9. The Labute approximate surface area is 123 Å². The van der Waals surface area contributed by atoms with E-state index in [-0.39, 0.29) is 18.7 Å². The van der Waals surface area contributed by atoms with E-state index in [4.69, 9.17) is 5.11 Å². The van der Waals surface area contributed by atoms with Crippen molar-refractivity contribution >= 4 is 6.03 Å². The lowest BCUT2D eigenvalue weighted by atomic mass is 10.2. The predicted molar refractivity (Wildman–Crippen MR) is 77.9 cm³/mol. The molecule has 2 aromatic heterocycles. The fraction of sp³-hybridized carbons (Fsp3) is 0.357. The van der Waals surface area contributed by atoms with Crippen LogP contribution in [0.15, 0.2) is 37.1 Å². The van der Waals surface area contributed by atoms with Crippen molar-refractivity contribution in [1.29, 1.82) is 0 Å². The van der Waals surface area contributed by atoms with Crippen LogP contribution in [0.25, 0.3) is 5.82 Å². The summed E-state index contributed by atoms with van der Waals surface area (Å²) in [4.78, 5) is 19.9. The lowest BCUT2D eigenvalue weighted by Crippen LogP contribution is -2.43. The molecule has 2 aromatic rings. The van der Waals surface area contributed by atoms with Crippen molar-refractivity contribution in [2.24, 2.45) is 0 Å². The molecule has 7 heteroatoms. The van der Waals surface area contributed by atoms with Crippen LogP contribution in [0, 0.1) is 0 Å². The number of amides is 2. The van der Waals surface area contributed by atoms with Crippen LogP contribution in [-0.2, 0) is 6.54 Å². The highest BCUT2D eigenvalue weighted by Crippen LogP contribution is 2.05. The summed E-state index contributed by atoms with van der Waals surface area (Å²) >= 11 is 0. The number of carbonyl (C=O) groups excluding carboxylic acids is 1. The van der Waals surface area contributed by atoms with Gasteiger partial charge in [-0.1, -0.05) is 13.0 Å². The van der Waals surface area contributed by atoms with Gasteiger partial charge in [0.05, 0.1) is 12.6 Å². The molecule has 0 fully saturated rings. The molecular formula is C14H19N5O2. The van der Waals surface area contributed by atoms with Crippen molar-refractivity contribution in [3.05, 3.63) is 42.6 Å². The largest absolute Gasteiger partial charge is 0.394 e. The Balaban J connectivity index is 1.85. The van der Waals surface area contributed by atoms with Gasteiger partial charge >= 0.3 is 6.03 Å². The van der Waals surface area contributed by atoms with Crippen molar-refractivity contribution in [3.63, 3.8) is 0 Å². The van der Waals surface area contributed by atoms with Gasteiger partial charge in [-0.25, -0.2) is 14.8 Å². The number of aliphatic hydroxyl groups excluding tert-OH is 1. The molecule has 0 radical (unpaired) electrons. The molecule has 3 N–H and O–H groups in total. The second-order valence-corrected chi connectivity index (χ2v) is 4.61. The molecule has 7 nitrogen and oxygen atoms in total. The Morgan fingerprint density at radius 1 is 1.48 bits per heavy atom. The number of aliphatic hydroxyl groups is 1. The molecule has 21 heavy (non-hydrogen) atoms. The fourth-order valence-corrected chi connectivity index (χ4v) is 1.76. The zero-order chi connectivity index (χ0) is 15.1. The summed E-state index contributed by atoms with van der Waals surface area (Å²) < 4.78 is 1.80. The van der Waals surface area contributed by atoms with Crippen LogP contribution >= 0.6 is 0 Å². The van der Waals surface area contributed by atoms with Gasteiger partial charge in [-0.05, 0) is 18.1 Å². The summed E-state index contributed by atoms with van der Waals surface area (Å²) in [5.41, 5.74) is 0.895. The number of carbonyl (C=O) groups is 1.